The first-order valence-corrected chi connectivity index (χ1v) is 5.67. The van der Waals surface area contributed by atoms with Crippen LogP contribution < -0.4 is 0 Å². The first-order chi connectivity index (χ1) is 7.18. The van der Waals surface area contributed by atoms with Crippen LogP contribution in [0.4, 0.5) is 5.69 Å². The van der Waals surface area contributed by atoms with Crippen molar-refractivity contribution in [2.75, 3.05) is 13.6 Å². The third kappa shape index (κ3) is 2.27. The molecule has 1 aromatic carbocycles. The molecule has 1 aliphatic rings. The molecule has 1 heterocycles. The fourth-order valence-electron chi connectivity index (χ4n) is 1.66. The summed E-state index contributed by atoms with van der Waals surface area (Å²) in [6, 6.07) is 5.44. The number of halogens is 2. The molecule has 0 bridgehead atoms. The molecule has 0 aromatic heterocycles. The zero-order chi connectivity index (χ0) is 10.8. The minimum atomic E-state index is 0.607. The maximum absolute atomic E-state index is 6.05. The molecule has 0 saturated carbocycles. The van der Waals surface area contributed by atoms with E-state index >= 15 is 0 Å². The molecular weight excluding hydrogens is 231 g/mol. The van der Waals surface area contributed by atoms with Crippen molar-refractivity contribution in [1.82, 2.24) is 4.90 Å². The number of benzene rings is 1. The van der Waals surface area contributed by atoms with E-state index in [0.29, 0.717) is 15.7 Å². The second kappa shape index (κ2) is 4.42. The average Bonchev–Trinajstić information content (AvgIpc) is 2.58. The van der Waals surface area contributed by atoms with E-state index in [-0.39, 0.29) is 0 Å². The minimum absolute atomic E-state index is 0.607. The van der Waals surface area contributed by atoms with Crippen molar-refractivity contribution < 1.29 is 0 Å². The van der Waals surface area contributed by atoms with Crippen molar-refractivity contribution in [3.05, 3.63) is 28.2 Å². The highest BCUT2D eigenvalue weighted by Gasteiger charge is 2.15. The molecular formula is C11H12Cl2N2. The normalized spacial score (nSPS) is 18.9. The lowest BCUT2D eigenvalue weighted by molar-refractivity contribution is 0.550. The van der Waals surface area contributed by atoms with Crippen molar-refractivity contribution >= 4 is 34.7 Å². The Morgan fingerprint density at radius 2 is 1.93 bits per heavy atom. The zero-order valence-corrected chi connectivity index (χ0v) is 10.0. The summed E-state index contributed by atoms with van der Waals surface area (Å²) in [4.78, 5) is 6.66. The summed E-state index contributed by atoms with van der Waals surface area (Å²) in [5.74, 6) is 1.06. The monoisotopic (exact) mass is 242 g/mol. The van der Waals surface area contributed by atoms with E-state index in [1.165, 1.54) is 0 Å². The number of para-hydroxylation sites is 1. The van der Waals surface area contributed by atoms with Gasteiger partial charge in [0.15, 0.2) is 0 Å². The Morgan fingerprint density at radius 3 is 2.47 bits per heavy atom. The van der Waals surface area contributed by atoms with E-state index < -0.39 is 0 Å². The van der Waals surface area contributed by atoms with Crippen molar-refractivity contribution in [2.45, 2.75) is 12.8 Å². The van der Waals surface area contributed by atoms with Gasteiger partial charge in [-0.2, -0.15) is 0 Å². The summed E-state index contributed by atoms with van der Waals surface area (Å²) in [5, 5.41) is 1.21. The van der Waals surface area contributed by atoms with E-state index in [1.807, 2.05) is 25.2 Å². The fourth-order valence-corrected chi connectivity index (χ4v) is 2.14. The Labute approximate surface area is 99.5 Å². The Bertz CT molecular complexity index is 381. The van der Waals surface area contributed by atoms with Gasteiger partial charge in [0.1, 0.15) is 11.5 Å². The smallest absolute Gasteiger partial charge is 0.105 e. The maximum Gasteiger partial charge on any atom is 0.105 e. The number of nitrogens with zero attached hydrogens (tertiary/aromatic N) is 2. The maximum atomic E-state index is 6.05. The van der Waals surface area contributed by atoms with E-state index in [9.17, 15) is 0 Å². The van der Waals surface area contributed by atoms with Crippen LogP contribution in [0, 0.1) is 0 Å². The SMILES string of the molecule is CN1CCCC1=Nc1c(Cl)cccc1Cl. The summed E-state index contributed by atoms with van der Waals surface area (Å²) >= 11 is 12.1. The van der Waals surface area contributed by atoms with Gasteiger partial charge in [-0.05, 0) is 18.6 Å². The summed E-state index contributed by atoms with van der Waals surface area (Å²) in [6.45, 7) is 1.06. The molecule has 0 aliphatic carbocycles. The second-order valence-electron chi connectivity index (χ2n) is 3.62. The number of hydrogen-bond acceptors (Lipinski definition) is 1. The van der Waals surface area contributed by atoms with Gasteiger partial charge in [-0.25, -0.2) is 4.99 Å². The van der Waals surface area contributed by atoms with E-state index in [2.05, 4.69) is 9.89 Å². The number of aliphatic imine (C=N–C) groups is 1. The number of likely N-dealkylation sites (tertiary alicyclic amines) is 1. The molecule has 1 fully saturated rings. The van der Waals surface area contributed by atoms with Gasteiger partial charge in [-0.15, -0.1) is 0 Å². The summed E-state index contributed by atoms with van der Waals surface area (Å²) in [5.41, 5.74) is 0.685. The highest BCUT2D eigenvalue weighted by molar-refractivity contribution is 6.38. The first kappa shape index (κ1) is 10.8. The molecule has 0 atom stereocenters. The first-order valence-electron chi connectivity index (χ1n) is 4.91. The van der Waals surface area contributed by atoms with Crippen molar-refractivity contribution in [3.63, 3.8) is 0 Å². The Balaban J connectivity index is 2.38. The van der Waals surface area contributed by atoms with Gasteiger partial charge in [0.2, 0.25) is 0 Å². The van der Waals surface area contributed by atoms with Gasteiger partial charge in [-0.3, -0.25) is 0 Å². The van der Waals surface area contributed by atoms with Crippen LogP contribution in [-0.2, 0) is 0 Å². The standard InChI is InChI=1S/C11H12Cl2N2/c1-15-7-3-6-10(15)14-11-8(12)4-2-5-9(11)13/h2,4-5H,3,6-7H2,1H3. The molecule has 0 unspecified atom stereocenters. The second-order valence-corrected chi connectivity index (χ2v) is 4.44. The minimum Gasteiger partial charge on any atom is -0.363 e. The molecule has 0 spiro atoms. The van der Waals surface area contributed by atoms with Crippen molar-refractivity contribution in [3.8, 4) is 0 Å². The Hall–Kier alpha value is -0.730. The van der Waals surface area contributed by atoms with Gasteiger partial charge in [-0.1, -0.05) is 29.3 Å². The highest BCUT2D eigenvalue weighted by atomic mass is 35.5. The number of hydrogen-bond donors (Lipinski definition) is 0. The number of amidine groups is 1. The lowest BCUT2D eigenvalue weighted by Gasteiger charge is -2.11. The Kier molecular flexibility index (Phi) is 3.17. The van der Waals surface area contributed by atoms with Crippen LogP contribution in [0.25, 0.3) is 0 Å². The van der Waals surface area contributed by atoms with Gasteiger partial charge in [0.05, 0.1) is 10.0 Å². The lowest BCUT2D eigenvalue weighted by atomic mass is 10.3. The van der Waals surface area contributed by atoms with E-state index in [1.54, 1.807) is 0 Å². The third-order valence-electron chi connectivity index (χ3n) is 2.51. The molecule has 80 valence electrons. The average molecular weight is 243 g/mol. The summed E-state index contributed by atoms with van der Waals surface area (Å²) in [6.07, 6.45) is 2.15. The topological polar surface area (TPSA) is 15.6 Å². The van der Waals surface area contributed by atoms with Crippen LogP contribution in [0.5, 0.6) is 0 Å². The van der Waals surface area contributed by atoms with Crippen LogP contribution in [0.1, 0.15) is 12.8 Å². The van der Waals surface area contributed by atoms with Crippen molar-refractivity contribution in [1.29, 1.82) is 0 Å². The Morgan fingerprint density at radius 1 is 1.27 bits per heavy atom. The van der Waals surface area contributed by atoms with Crippen LogP contribution in [0.15, 0.2) is 23.2 Å². The molecule has 1 aliphatic heterocycles. The van der Waals surface area contributed by atoms with Crippen molar-refractivity contribution in [2.24, 2.45) is 4.99 Å². The summed E-state index contributed by atoms with van der Waals surface area (Å²) < 4.78 is 0. The molecule has 1 aromatic rings. The largest absolute Gasteiger partial charge is 0.363 e. The molecule has 2 rings (SSSR count). The predicted molar refractivity (Wildman–Crippen MR) is 65.4 cm³/mol. The van der Waals surface area contributed by atoms with Crippen LogP contribution >= 0.6 is 23.2 Å². The molecule has 0 N–H and O–H groups in total. The predicted octanol–water partition coefficient (Wildman–Crippen LogP) is 3.75. The molecule has 0 radical (unpaired) electrons. The summed E-state index contributed by atoms with van der Waals surface area (Å²) in [7, 11) is 2.04. The van der Waals surface area contributed by atoms with E-state index in [4.69, 9.17) is 23.2 Å². The van der Waals surface area contributed by atoms with Crippen LogP contribution in [0.2, 0.25) is 10.0 Å². The molecule has 2 nitrogen and oxygen atoms in total. The highest BCUT2D eigenvalue weighted by Crippen LogP contribution is 2.33. The van der Waals surface area contributed by atoms with Crippen LogP contribution in [-0.4, -0.2) is 24.3 Å². The third-order valence-corrected chi connectivity index (χ3v) is 3.12. The lowest BCUT2D eigenvalue weighted by Crippen LogP contribution is -2.18. The quantitative estimate of drug-likeness (QED) is 0.733. The van der Waals surface area contributed by atoms with Gasteiger partial charge in [0, 0.05) is 20.0 Å². The zero-order valence-electron chi connectivity index (χ0n) is 8.50. The van der Waals surface area contributed by atoms with Gasteiger partial charge < -0.3 is 4.90 Å². The van der Waals surface area contributed by atoms with E-state index in [0.717, 1.165) is 25.2 Å². The van der Waals surface area contributed by atoms with Gasteiger partial charge in [0.25, 0.3) is 0 Å². The molecule has 0 amide bonds. The van der Waals surface area contributed by atoms with Crippen LogP contribution in [0.3, 0.4) is 0 Å². The number of rotatable bonds is 1. The molecule has 15 heavy (non-hydrogen) atoms. The fraction of sp³-hybridized carbons (Fsp3) is 0.364. The molecule has 4 heteroatoms. The van der Waals surface area contributed by atoms with Gasteiger partial charge >= 0.3 is 0 Å². The molecule has 1 saturated heterocycles.